The first-order valence-electron chi connectivity index (χ1n) is 8.20. The van der Waals surface area contributed by atoms with Crippen molar-refractivity contribution >= 4 is 16.9 Å². The Morgan fingerprint density at radius 3 is 2.60 bits per heavy atom. The van der Waals surface area contributed by atoms with Crippen LogP contribution in [-0.4, -0.2) is 21.6 Å². The van der Waals surface area contributed by atoms with Crippen LogP contribution in [-0.2, 0) is 11.3 Å². The molecule has 2 heterocycles. The smallest absolute Gasteiger partial charge is 0.339 e. The zero-order valence-corrected chi connectivity index (χ0v) is 14.5. The van der Waals surface area contributed by atoms with Crippen LogP contribution in [0.2, 0.25) is 0 Å². The van der Waals surface area contributed by atoms with Gasteiger partial charge in [0.05, 0.1) is 29.1 Å². The first-order chi connectivity index (χ1) is 11.9. The lowest BCUT2D eigenvalue weighted by atomic mass is 10.1. The average molecular weight is 336 g/mol. The predicted octanol–water partition coefficient (Wildman–Crippen LogP) is 3.32. The second-order valence-corrected chi connectivity index (χ2v) is 6.35. The van der Waals surface area contributed by atoms with E-state index in [1.807, 2.05) is 31.2 Å². The standard InChI is InChI=1S/C20H20N2O3/c1-13(2)25-20(24)16-10-17-18(21-11-16)8-9-22(19(17)23)12-15-6-4-14(3)5-7-15/h4-11,13H,12H2,1-3H3. The van der Waals surface area contributed by atoms with Gasteiger partial charge in [0, 0.05) is 12.4 Å². The monoisotopic (exact) mass is 336 g/mol. The van der Waals surface area contributed by atoms with Gasteiger partial charge in [-0.2, -0.15) is 0 Å². The van der Waals surface area contributed by atoms with E-state index in [1.54, 1.807) is 36.7 Å². The minimum atomic E-state index is -0.474. The van der Waals surface area contributed by atoms with Gasteiger partial charge < -0.3 is 9.30 Å². The summed E-state index contributed by atoms with van der Waals surface area (Å²) in [6.45, 7) is 6.05. The Morgan fingerprint density at radius 1 is 1.20 bits per heavy atom. The third-order valence-electron chi connectivity index (χ3n) is 3.87. The molecule has 0 atom stereocenters. The van der Waals surface area contributed by atoms with Crippen molar-refractivity contribution in [1.82, 2.24) is 9.55 Å². The van der Waals surface area contributed by atoms with Crippen LogP contribution in [0.15, 0.2) is 53.6 Å². The van der Waals surface area contributed by atoms with Crippen molar-refractivity contribution in [2.45, 2.75) is 33.4 Å². The lowest BCUT2D eigenvalue weighted by Gasteiger charge is -2.10. The second kappa shape index (κ2) is 6.89. The van der Waals surface area contributed by atoms with Crippen molar-refractivity contribution in [2.75, 3.05) is 0 Å². The summed E-state index contributed by atoms with van der Waals surface area (Å²) in [6.07, 6.45) is 2.94. The summed E-state index contributed by atoms with van der Waals surface area (Å²) in [7, 11) is 0. The normalized spacial score (nSPS) is 11.0. The Kier molecular flexibility index (Phi) is 4.65. The van der Waals surface area contributed by atoms with E-state index >= 15 is 0 Å². The zero-order chi connectivity index (χ0) is 18.0. The van der Waals surface area contributed by atoms with Crippen LogP contribution < -0.4 is 5.56 Å². The molecule has 128 valence electrons. The van der Waals surface area contributed by atoms with Crippen LogP contribution in [0.4, 0.5) is 0 Å². The average Bonchev–Trinajstić information content (AvgIpc) is 2.58. The Hall–Kier alpha value is -2.95. The highest BCUT2D eigenvalue weighted by Gasteiger charge is 2.13. The largest absolute Gasteiger partial charge is 0.459 e. The van der Waals surface area contributed by atoms with Crippen LogP contribution in [0, 0.1) is 6.92 Å². The molecule has 0 bridgehead atoms. The molecule has 1 aromatic carbocycles. The molecule has 0 spiro atoms. The maximum absolute atomic E-state index is 12.8. The van der Waals surface area contributed by atoms with Gasteiger partial charge in [-0.3, -0.25) is 9.78 Å². The third-order valence-corrected chi connectivity index (χ3v) is 3.87. The Balaban J connectivity index is 1.98. The van der Waals surface area contributed by atoms with Gasteiger partial charge in [0.2, 0.25) is 0 Å². The number of aromatic nitrogens is 2. The molecule has 5 nitrogen and oxygen atoms in total. The number of benzene rings is 1. The maximum atomic E-state index is 12.8. The number of carbonyl (C=O) groups is 1. The van der Waals surface area contributed by atoms with E-state index in [-0.39, 0.29) is 17.2 Å². The van der Waals surface area contributed by atoms with Crippen molar-refractivity contribution in [2.24, 2.45) is 0 Å². The topological polar surface area (TPSA) is 61.2 Å². The van der Waals surface area contributed by atoms with Crippen LogP contribution >= 0.6 is 0 Å². The lowest BCUT2D eigenvalue weighted by molar-refractivity contribution is 0.0377. The third kappa shape index (κ3) is 3.76. The number of rotatable bonds is 4. The molecule has 0 aliphatic heterocycles. The van der Waals surface area contributed by atoms with Gasteiger partial charge in [-0.05, 0) is 38.5 Å². The molecule has 0 unspecified atom stereocenters. The van der Waals surface area contributed by atoms with E-state index < -0.39 is 5.97 Å². The fraction of sp³-hybridized carbons (Fsp3) is 0.250. The van der Waals surface area contributed by atoms with E-state index in [1.165, 1.54) is 11.8 Å². The molecule has 25 heavy (non-hydrogen) atoms. The Morgan fingerprint density at radius 2 is 1.92 bits per heavy atom. The molecule has 5 heteroatoms. The number of nitrogens with zero attached hydrogens (tertiary/aromatic N) is 2. The molecule has 0 aliphatic carbocycles. The molecule has 2 aromatic heterocycles. The van der Waals surface area contributed by atoms with Crippen molar-refractivity contribution in [1.29, 1.82) is 0 Å². The number of aryl methyl sites for hydroxylation is 1. The van der Waals surface area contributed by atoms with Crippen LogP contribution in [0.3, 0.4) is 0 Å². The number of fused-ring (bicyclic) bond motifs is 1. The molecule has 0 fully saturated rings. The number of hydrogen-bond acceptors (Lipinski definition) is 4. The number of carbonyl (C=O) groups excluding carboxylic acids is 1. The van der Waals surface area contributed by atoms with E-state index in [9.17, 15) is 9.59 Å². The first kappa shape index (κ1) is 16.9. The number of esters is 1. The summed E-state index contributed by atoms with van der Waals surface area (Å²) in [5.41, 5.74) is 2.88. The highest BCUT2D eigenvalue weighted by Crippen LogP contribution is 2.12. The van der Waals surface area contributed by atoms with Crippen molar-refractivity contribution in [3.05, 3.63) is 75.8 Å². The highest BCUT2D eigenvalue weighted by atomic mass is 16.5. The number of hydrogen-bond donors (Lipinski definition) is 0. The van der Waals surface area contributed by atoms with Gasteiger partial charge in [-0.15, -0.1) is 0 Å². The van der Waals surface area contributed by atoms with Crippen LogP contribution in [0.1, 0.15) is 35.3 Å². The Labute approximate surface area is 145 Å². The van der Waals surface area contributed by atoms with E-state index in [2.05, 4.69) is 4.98 Å². The molecule has 0 N–H and O–H groups in total. The van der Waals surface area contributed by atoms with Gasteiger partial charge in [0.15, 0.2) is 0 Å². The second-order valence-electron chi connectivity index (χ2n) is 6.35. The molecule has 3 aromatic rings. The summed E-state index contributed by atoms with van der Waals surface area (Å²) in [6, 6.07) is 11.4. The minimum absolute atomic E-state index is 0.176. The SMILES string of the molecule is Cc1ccc(Cn2ccc3ncc(C(=O)OC(C)C)cc3c2=O)cc1. The van der Waals surface area contributed by atoms with Crippen LogP contribution in [0.25, 0.3) is 10.9 Å². The lowest BCUT2D eigenvalue weighted by Crippen LogP contribution is -2.21. The van der Waals surface area contributed by atoms with Gasteiger partial charge in [0.25, 0.3) is 5.56 Å². The molecule has 0 radical (unpaired) electrons. The summed E-state index contributed by atoms with van der Waals surface area (Å²) in [5.74, 6) is -0.474. The number of ether oxygens (including phenoxy) is 1. The van der Waals surface area contributed by atoms with Gasteiger partial charge in [0.1, 0.15) is 0 Å². The number of pyridine rings is 2. The molecule has 3 rings (SSSR count). The quantitative estimate of drug-likeness (QED) is 0.686. The minimum Gasteiger partial charge on any atom is -0.459 e. The van der Waals surface area contributed by atoms with E-state index in [4.69, 9.17) is 4.74 Å². The van der Waals surface area contributed by atoms with Gasteiger partial charge in [-0.25, -0.2) is 4.79 Å². The molecular weight excluding hydrogens is 316 g/mol. The van der Waals surface area contributed by atoms with Crippen molar-refractivity contribution in [3.63, 3.8) is 0 Å². The summed E-state index contributed by atoms with van der Waals surface area (Å²) < 4.78 is 6.79. The van der Waals surface area contributed by atoms with Crippen molar-refractivity contribution < 1.29 is 9.53 Å². The summed E-state index contributed by atoms with van der Waals surface area (Å²) in [4.78, 5) is 29.0. The maximum Gasteiger partial charge on any atom is 0.339 e. The molecular formula is C20H20N2O3. The summed E-state index contributed by atoms with van der Waals surface area (Å²) >= 11 is 0. The van der Waals surface area contributed by atoms with Crippen molar-refractivity contribution in [3.8, 4) is 0 Å². The van der Waals surface area contributed by atoms with Crippen LogP contribution in [0.5, 0.6) is 0 Å². The van der Waals surface area contributed by atoms with E-state index in [0.717, 1.165) is 5.56 Å². The van der Waals surface area contributed by atoms with E-state index in [0.29, 0.717) is 17.4 Å². The predicted molar refractivity (Wildman–Crippen MR) is 96.8 cm³/mol. The van der Waals surface area contributed by atoms with Gasteiger partial charge in [-0.1, -0.05) is 29.8 Å². The molecule has 0 saturated heterocycles. The molecule has 0 aliphatic rings. The highest BCUT2D eigenvalue weighted by molar-refractivity contribution is 5.93. The summed E-state index contributed by atoms with van der Waals surface area (Å²) in [5, 5.41) is 0.410. The first-order valence-corrected chi connectivity index (χ1v) is 8.20. The fourth-order valence-corrected chi connectivity index (χ4v) is 2.57. The molecule has 0 saturated carbocycles. The Bertz CT molecular complexity index is 972. The van der Waals surface area contributed by atoms with Gasteiger partial charge >= 0.3 is 5.97 Å². The fourth-order valence-electron chi connectivity index (χ4n) is 2.57. The molecule has 0 amide bonds. The zero-order valence-electron chi connectivity index (χ0n) is 14.5.